The summed E-state index contributed by atoms with van der Waals surface area (Å²) in [7, 11) is 1.70. The number of nitrogens with zero attached hydrogens (tertiary/aromatic N) is 1. The average molecular weight is 249 g/mol. The van der Waals surface area contributed by atoms with Crippen molar-refractivity contribution in [1.82, 2.24) is 0 Å². The largest absolute Gasteiger partial charge is 0.497 e. The van der Waals surface area contributed by atoms with Gasteiger partial charge in [-0.25, -0.2) is 0 Å². The van der Waals surface area contributed by atoms with Crippen molar-refractivity contribution in [2.24, 2.45) is 5.92 Å². The number of benzene rings is 1. The van der Waals surface area contributed by atoms with E-state index in [1.54, 1.807) is 7.11 Å². The van der Waals surface area contributed by atoms with Gasteiger partial charge in [-0.2, -0.15) is 0 Å². The molecule has 1 fully saturated rings. The molecule has 100 valence electrons. The van der Waals surface area contributed by atoms with E-state index in [9.17, 15) is 5.11 Å². The number of hydrogen-bond donors (Lipinski definition) is 1. The first-order valence-corrected chi connectivity index (χ1v) is 6.76. The highest BCUT2D eigenvalue weighted by molar-refractivity contribution is 5.51. The summed E-state index contributed by atoms with van der Waals surface area (Å²) in [4.78, 5) is 2.41. The maximum atomic E-state index is 9.33. The summed E-state index contributed by atoms with van der Waals surface area (Å²) in [6.07, 6.45) is 3.09. The molecular formula is C15H23NO2. The molecule has 2 rings (SSSR count). The average Bonchev–Trinajstić information content (AvgIpc) is 2.85. The Balaban J connectivity index is 1.91. The van der Waals surface area contributed by atoms with Gasteiger partial charge in [-0.05, 0) is 44.2 Å². The van der Waals surface area contributed by atoms with Gasteiger partial charge in [0.25, 0.3) is 0 Å². The van der Waals surface area contributed by atoms with Gasteiger partial charge < -0.3 is 14.7 Å². The van der Waals surface area contributed by atoms with Crippen LogP contribution in [0.15, 0.2) is 24.3 Å². The highest BCUT2D eigenvalue weighted by atomic mass is 16.5. The number of aliphatic hydroxyl groups is 1. The van der Waals surface area contributed by atoms with Gasteiger partial charge in [0, 0.05) is 24.8 Å². The Labute approximate surface area is 109 Å². The minimum absolute atomic E-state index is 0.170. The summed E-state index contributed by atoms with van der Waals surface area (Å²) in [5, 5.41) is 9.33. The number of aliphatic hydroxyl groups excluding tert-OH is 1. The third-order valence-electron chi connectivity index (χ3n) is 3.70. The Morgan fingerprint density at radius 2 is 2.33 bits per heavy atom. The predicted molar refractivity (Wildman–Crippen MR) is 74.2 cm³/mol. The molecule has 1 N–H and O–H groups in total. The Morgan fingerprint density at radius 3 is 3.06 bits per heavy atom. The van der Waals surface area contributed by atoms with Crippen molar-refractivity contribution in [2.45, 2.75) is 32.3 Å². The van der Waals surface area contributed by atoms with Gasteiger partial charge in [0.05, 0.1) is 13.2 Å². The number of hydrogen-bond acceptors (Lipinski definition) is 3. The quantitative estimate of drug-likeness (QED) is 0.871. The molecule has 0 radical (unpaired) electrons. The van der Waals surface area contributed by atoms with Crippen LogP contribution in [0.2, 0.25) is 0 Å². The molecule has 3 heteroatoms. The van der Waals surface area contributed by atoms with Crippen LogP contribution in [-0.2, 0) is 0 Å². The van der Waals surface area contributed by atoms with Crippen molar-refractivity contribution < 1.29 is 9.84 Å². The number of rotatable bonds is 5. The zero-order valence-electron chi connectivity index (χ0n) is 11.3. The van der Waals surface area contributed by atoms with Crippen LogP contribution < -0.4 is 9.64 Å². The van der Waals surface area contributed by atoms with Crippen LogP contribution in [-0.4, -0.2) is 31.4 Å². The Bertz CT molecular complexity index is 379. The fraction of sp³-hybridized carbons (Fsp3) is 0.600. The molecule has 0 spiro atoms. The summed E-state index contributed by atoms with van der Waals surface area (Å²) in [5.74, 6) is 1.63. The molecule has 1 heterocycles. The summed E-state index contributed by atoms with van der Waals surface area (Å²) in [6, 6.07) is 8.25. The first kappa shape index (κ1) is 13.2. The molecule has 0 aromatic heterocycles. The Morgan fingerprint density at radius 1 is 1.50 bits per heavy atom. The molecule has 0 bridgehead atoms. The van der Waals surface area contributed by atoms with Crippen molar-refractivity contribution in [3.05, 3.63) is 24.3 Å². The summed E-state index contributed by atoms with van der Waals surface area (Å²) in [6.45, 7) is 4.08. The normalized spacial score (nSPS) is 21.1. The van der Waals surface area contributed by atoms with Gasteiger partial charge in [-0.3, -0.25) is 0 Å². The lowest BCUT2D eigenvalue weighted by molar-refractivity contribution is 0.175. The smallest absolute Gasteiger partial charge is 0.120 e. The molecule has 1 aliphatic heterocycles. The van der Waals surface area contributed by atoms with E-state index >= 15 is 0 Å². The second kappa shape index (κ2) is 6.10. The zero-order valence-corrected chi connectivity index (χ0v) is 11.3. The van der Waals surface area contributed by atoms with Crippen molar-refractivity contribution >= 4 is 5.69 Å². The van der Waals surface area contributed by atoms with Crippen LogP contribution in [0.25, 0.3) is 0 Å². The lowest BCUT2D eigenvalue weighted by Crippen LogP contribution is -2.19. The van der Waals surface area contributed by atoms with E-state index in [1.807, 2.05) is 19.1 Å². The molecule has 1 saturated heterocycles. The monoisotopic (exact) mass is 249 g/mol. The molecule has 2 unspecified atom stereocenters. The van der Waals surface area contributed by atoms with Crippen LogP contribution in [0.1, 0.15) is 26.2 Å². The number of anilines is 1. The van der Waals surface area contributed by atoms with Gasteiger partial charge >= 0.3 is 0 Å². The number of methoxy groups -OCH3 is 1. The van der Waals surface area contributed by atoms with Crippen molar-refractivity contribution in [2.75, 3.05) is 25.1 Å². The fourth-order valence-corrected chi connectivity index (χ4v) is 2.59. The van der Waals surface area contributed by atoms with Crippen molar-refractivity contribution in [1.29, 1.82) is 0 Å². The van der Waals surface area contributed by atoms with Crippen LogP contribution in [0.3, 0.4) is 0 Å². The minimum atomic E-state index is -0.170. The topological polar surface area (TPSA) is 32.7 Å². The van der Waals surface area contributed by atoms with Crippen LogP contribution in [0.5, 0.6) is 5.75 Å². The Kier molecular flexibility index (Phi) is 4.48. The van der Waals surface area contributed by atoms with E-state index in [0.29, 0.717) is 5.92 Å². The third kappa shape index (κ3) is 3.39. The second-order valence-corrected chi connectivity index (χ2v) is 5.23. The molecule has 1 aromatic carbocycles. The molecule has 0 amide bonds. The van der Waals surface area contributed by atoms with E-state index in [-0.39, 0.29) is 6.10 Å². The maximum absolute atomic E-state index is 9.33. The maximum Gasteiger partial charge on any atom is 0.120 e. The number of ether oxygens (including phenoxy) is 1. The van der Waals surface area contributed by atoms with Gasteiger partial charge in [0.1, 0.15) is 5.75 Å². The highest BCUT2D eigenvalue weighted by Crippen LogP contribution is 2.28. The van der Waals surface area contributed by atoms with Crippen LogP contribution >= 0.6 is 0 Å². The van der Waals surface area contributed by atoms with Crippen LogP contribution in [0.4, 0.5) is 5.69 Å². The second-order valence-electron chi connectivity index (χ2n) is 5.23. The molecule has 0 aliphatic carbocycles. The summed E-state index contributed by atoms with van der Waals surface area (Å²) in [5.41, 5.74) is 1.24. The molecule has 18 heavy (non-hydrogen) atoms. The highest BCUT2D eigenvalue weighted by Gasteiger charge is 2.22. The lowest BCUT2D eigenvalue weighted by Gasteiger charge is -2.19. The van der Waals surface area contributed by atoms with Crippen LogP contribution in [0, 0.1) is 5.92 Å². The first-order chi connectivity index (χ1) is 8.69. The SMILES string of the molecule is COc1cccc(N2CCC(CCC(C)O)C2)c1. The molecule has 3 nitrogen and oxygen atoms in total. The first-order valence-electron chi connectivity index (χ1n) is 6.76. The fourth-order valence-electron chi connectivity index (χ4n) is 2.59. The van der Waals surface area contributed by atoms with E-state index in [2.05, 4.69) is 17.0 Å². The van der Waals surface area contributed by atoms with E-state index in [0.717, 1.165) is 31.7 Å². The molecular weight excluding hydrogens is 226 g/mol. The minimum Gasteiger partial charge on any atom is -0.497 e. The van der Waals surface area contributed by atoms with Crippen molar-refractivity contribution in [3.8, 4) is 5.75 Å². The van der Waals surface area contributed by atoms with E-state index in [4.69, 9.17) is 4.74 Å². The van der Waals surface area contributed by atoms with Crippen molar-refractivity contribution in [3.63, 3.8) is 0 Å². The zero-order chi connectivity index (χ0) is 13.0. The Hall–Kier alpha value is -1.22. The van der Waals surface area contributed by atoms with Gasteiger partial charge in [0.2, 0.25) is 0 Å². The predicted octanol–water partition coefficient (Wildman–Crippen LogP) is 2.68. The van der Waals surface area contributed by atoms with Gasteiger partial charge in [0.15, 0.2) is 0 Å². The van der Waals surface area contributed by atoms with Gasteiger partial charge in [-0.1, -0.05) is 6.07 Å². The molecule has 0 saturated carbocycles. The molecule has 1 aliphatic rings. The summed E-state index contributed by atoms with van der Waals surface area (Å²) >= 11 is 0. The summed E-state index contributed by atoms with van der Waals surface area (Å²) < 4.78 is 5.26. The molecule has 2 atom stereocenters. The molecule has 1 aromatic rings. The van der Waals surface area contributed by atoms with E-state index in [1.165, 1.54) is 12.1 Å². The third-order valence-corrected chi connectivity index (χ3v) is 3.70. The lowest BCUT2D eigenvalue weighted by atomic mass is 10.0. The van der Waals surface area contributed by atoms with Gasteiger partial charge in [-0.15, -0.1) is 0 Å². The van der Waals surface area contributed by atoms with E-state index < -0.39 is 0 Å². The standard InChI is InChI=1S/C15H23NO2/c1-12(17)6-7-13-8-9-16(11-13)14-4-3-5-15(10-14)18-2/h3-5,10,12-13,17H,6-9,11H2,1-2H3.